The second-order valence-corrected chi connectivity index (χ2v) is 10.9. The third kappa shape index (κ3) is 4.01. The first kappa shape index (κ1) is 22.9. The molecule has 1 saturated carbocycles. The molecular formula is C29H30ClN7. The van der Waals surface area contributed by atoms with Crippen molar-refractivity contribution in [3.8, 4) is 0 Å². The number of rotatable bonds is 4. The van der Waals surface area contributed by atoms with E-state index in [0.717, 1.165) is 54.6 Å². The number of halogens is 1. The van der Waals surface area contributed by atoms with Gasteiger partial charge in [-0.05, 0) is 66.4 Å². The SMILES string of the molecule is Cc1ccc2nc(Cl)c(C(c3nnnn3C3CCCCC3)N3CCc4c([nH]c5ccccc45)C3)cc2c1. The second-order valence-electron chi connectivity index (χ2n) is 10.6. The lowest BCUT2D eigenvalue weighted by Crippen LogP contribution is -2.37. The van der Waals surface area contributed by atoms with Crippen molar-refractivity contribution in [2.45, 2.75) is 64.1 Å². The van der Waals surface area contributed by atoms with Crippen molar-refractivity contribution in [2.24, 2.45) is 0 Å². The van der Waals surface area contributed by atoms with Crippen molar-refractivity contribution in [1.82, 2.24) is 35.1 Å². The summed E-state index contributed by atoms with van der Waals surface area (Å²) in [6.45, 7) is 3.77. The largest absolute Gasteiger partial charge is 0.357 e. The summed E-state index contributed by atoms with van der Waals surface area (Å²) in [4.78, 5) is 11.0. The van der Waals surface area contributed by atoms with Gasteiger partial charge < -0.3 is 4.98 Å². The number of para-hydroxylation sites is 1. The fourth-order valence-electron chi connectivity index (χ4n) is 6.38. The lowest BCUT2D eigenvalue weighted by atomic mass is 9.94. The van der Waals surface area contributed by atoms with Gasteiger partial charge in [0.05, 0.1) is 11.6 Å². The Hall–Kier alpha value is -3.29. The highest BCUT2D eigenvalue weighted by Gasteiger charge is 2.35. The van der Waals surface area contributed by atoms with Gasteiger partial charge in [-0.3, -0.25) is 4.90 Å². The van der Waals surface area contributed by atoms with E-state index in [0.29, 0.717) is 11.2 Å². The minimum atomic E-state index is -0.193. The molecule has 0 spiro atoms. The summed E-state index contributed by atoms with van der Waals surface area (Å²) >= 11 is 6.95. The third-order valence-corrected chi connectivity index (χ3v) is 8.51. The topological polar surface area (TPSA) is 75.5 Å². The van der Waals surface area contributed by atoms with Gasteiger partial charge in [-0.25, -0.2) is 9.67 Å². The summed E-state index contributed by atoms with van der Waals surface area (Å²) in [6, 6.07) is 17.2. The molecule has 1 aliphatic carbocycles. The molecule has 37 heavy (non-hydrogen) atoms. The highest BCUT2D eigenvalue weighted by molar-refractivity contribution is 6.30. The molecule has 2 aliphatic rings. The van der Waals surface area contributed by atoms with Gasteiger partial charge in [-0.15, -0.1) is 5.10 Å². The Labute approximate surface area is 220 Å². The summed E-state index contributed by atoms with van der Waals surface area (Å²) in [5, 5.41) is 16.3. The van der Waals surface area contributed by atoms with Crippen LogP contribution in [0, 0.1) is 6.92 Å². The number of tetrazole rings is 1. The first-order valence-corrected chi connectivity index (χ1v) is 13.7. The molecule has 2 aromatic carbocycles. The summed E-state index contributed by atoms with van der Waals surface area (Å²) in [5.41, 5.74) is 6.93. The van der Waals surface area contributed by atoms with Crippen molar-refractivity contribution in [1.29, 1.82) is 0 Å². The van der Waals surface area contributed by atoms with Crippen LogP contribution in [0.2, 0.25) is 5.15 Å². The van der Waals surface area contributed by atoms with E-state index in [1.807, 2.05) is 6.07 Å². The minimum absolute atomic E-state index is 0.193. The zero-order valence-corrected chi connectivity index (χ0v) is 21.7. The van der Waals surface area contributed by atoms with Crippen LogP contribution in [0.4, 0.5) is 0 Å². The van der Waals surface area contributed by atoms with E-state index in [9.17, 15) is 0 Å². The molecule has 7 rings (SSSR count). The summed E-state index contributed by atoms with van der Waals surface area (Å²) in [7, 11) is 0. The molecule has 1 N–H and O–H groups in total. The Kier molecular flexibility index (Phi) is 5.70. The first-order valence-electron chi connectivity index (χ1n) is 13.3. The molecule has 3 aromatic heterocycles. The number of aromatic amines is 1. The molecule has 0 bridgehead atoms. The normalized spacial score (nSPS) is 17.9. The van der Waals surface area contributed by atoms with E-state index >= 15 is 0 Å². The maximum Gasteiger partial charge on any atom is 0.173 e. The molecule has 0 radical (unpaired) electrons. The van der Waals surface area contributed by atoms with Crippen LogP contribution in [0.1, 0.15) is 72.4 Å². The Morgan fingerprint density at radius 2 is 1.92 bits per heavy atom. The van der Waals surface area contributed by atoms with Crippen LogP contribution in [-0.4, -0.2) is 41.6 Å². The van der Waals surface area contributed by atoms with E-state index in [2.05, 4.69) is 79.5 Å². The Morgan fingerprint density at radius 3 is 2.81 bits per heavy atom. The van der Waals surface area contributed by atoms with Gasteiger partial charge in [0.15, 0.2) is 5.82 Å². The van der Waals surface area contributed by atoms with Crippen LogP contribution in [-0.2, 0) is 13.0 Å². The van der Waals surface area contributed by atoms with E-state index < -0.39 is 0 Å². The summed E-state index contributed by atoms with van der Waals surface area (Å²) < 4.78 is 2.08. The highest BCUT2D eigenvalue weighted by Crippen LogP contribution is 2.39. The second kappa shape index (κ2) is 9.23. The number of aromatic nitrogens is 6. The Balaban J connectivity index is 1.36. The predicted molar refractivity (Wildman–Crippen MR) is 146 cm³/mol. The summed E-state index contributed by atoms with van der Waals surface area (Å²) in [5.74, 6) is 0.863. The molecular weight excluding hydrogens is 482 g/mol. The average Bonchev–Trinajstić information content (AvgIpc) is 3.55. The van der Waals surface area contributed by atoms with Crippen LogP contribution in [0.3, 0.4) is 0 Å². The number of H-pyrrole nitrogens is 1. The zero-order chi connectivity index (χ0) is 24.9. The van der Waals surface area contributed by atoms with Gasteiger partial charge in [0.25, 0.3) is 0 Å². The van der Waals surface area contributed by atoms with Crippen LogP contribution >= 0.6 is 11.6 Å². The molecule has 1 atom stereocenters. The average molecular weight is 512 g/mol. The zero-order valence-electron chi connectivity index (χ0n) is 21.0. The molecule has 5 aromatic rings. The van der Waals surface area contributed by atoms with Crippen molar-refractivity contribution < 1.29 is 0 Å². The van der Waals surface area contributed by atoms with E-state index in [-0.39, 0.29) is 6.04 Å². The molecule has 188 valence electrons. The standard InChI is InChI=1S/C29H30ClN7/c1-18-11-12-24-19(15-18)16-23(28(30)32-24)27(29-33-34-35-37(29)20-7-3-2-4-8-20)36-14-13-22-21-9-5-6-10-25(21)31-26(22)17-36/h5-6,9-12,15-16,20,27,31H,2-4,7-8,13-14,17H2,1H3. The van der Waals surface area contributed by atoms with Crippen LogP contribution in [0.5, 0.6) is 0 Å². The maximum atomic E-state index is 6.95. The number of hydrogen-bond donors (Lipinski definition) is 1. The molecule has 7 nitrogen and oxygen atoms in total. The maximum absolute atomic E-state index is 6.95. The lowest BCUT2D eigenvalue weighted by Gasteiger charge is -2.35. The molecule has 1 unspecified atom stereocenters. The molecule has 1 fully saturated rings. The van der Waals surface area contributed by atoms with Crippen molar-refractivity contribution in [3.63, 3.8) is 0 Å². The highest BCUT2D eigenvalue weighted by atomic mass is 35.5. The van der Waals surface area contributed by atoms with Gasteiger partial charge in [-0.2, -0.15) is 0 Å². The quantitative estimate of drug-likeness (QED) is 0.286. The molecule has 8 heteroatoms. The van der Waals surface area contributed by atoms with Crippen LogP contribution in [0.15, 0.2) is 48.5 Å². The van der Waals surface area contributed by atoms with Gasteiger partial charge in [0.2, 0.25) is 0 Å². The monoisotopic (exact) mass is 511 g/mol. The number of fused-ring (bicyclic) bond motifs is 4. The Bertz CT molecular complexity index is 1600. The molecule has 1 aliphatic heterocycles. The van der Waals surface area contributed by atoms with Gasteiger partial charge in [0.1, 0.15) is 11.2 Å². The number of nitrogens with one attached hydrogen (secondary N) is 1. The Morgan fingerprint density at radius 1 is 1.05 bits per heavy atom. The number of hydrogen-bond acceptors (Lipinski definition) is 5. The smallest absolute Gasteiger partial charge is 0.173 e. The molecule has 0 saturated heterocycles. The van der Waals surface area contributed by atoms with Gasteiger partial charge in [-0.1, -0.05) is 60.7 Å². The van der Waals surface area contributed by atoms with E-state index in [1.54, 1.807) is 0 Å². The molecule has 4 heterocycles. The lowest BCUT2D eigenvalue weighted by molar-refractivity contribution is 0.186. The van der Waals surface area contributed by atoms with Crippen LogP contribution < -0.4 is 0 Å². The van der Waals surface area contributed by atoms with Gasteiger partial charge in [0, 0.05) is 40.6 Å². The van der Waals surface area contributed by atoms with Crippen molar-refractivity contribution in [2.75, 3.05) is 6.54 Å². The van der Waals surface area contributed by atoms with E-state index in [4.69, 9.17) is 16.6 Å². The number of nitrogens with zero attached hydrogens (tertiary/aromatic N) is 6. The van der Waals surface area contributed by atoms with E-state index in [1.165, 1.54) is 47.0 Å². The van der Waals surface area contributed by atoms with Crippen molar-refractivity contribution >= 4 is 33.4 Å². The van der Waals surface area contributed by atoms with Crippen molar-refractivity contribution in [3.05, 3.63) is 81.9 Å². The number of pyridine rings is 1. The summed E-state index contributed by atoms with van der Waals surface area (Å²) in [6.07, 6.45) is 6.90. The number of benzene rings is 2. The fraction of sp³-hybridized carbons (Fsp3) is 0.379. The van der Waals surface area contributed by atoms with Gasteiger partial charge >= 0.3 is 0 Å². The fourth-order valence-corrected chi connectivity index (χ4v) is 6.63. The number of aryl methyl sites for hydroxylation is 1. The minimum Gasteiger partial charge on any atom is -0.357 e. The molecule has 0 amide bonds. The van der Waals surface area contributed by atoms with Crippen LogP contribution in [0.25, 0.3) is 21.8 Å². The predicted octanol–water partition coefficient (Wildman–Crippen LogP) is 6.32. The third-order valence-electron chi connectivity index (χ3n) is 8.21. The first-order chi connectivity index (χ1) is 18.2.